The molecule has 18 heavy (non-hydrogen) atoms. The van der Waals surface area contributed by atoms with Crippen molar-refractivity contribution >= 4 is 5.91 Å². The van der Waals surface area contributed by atoms with Gasteiger partial charge in [0.25, 0.3) is 0 Å². The van der Waals surface area contributed by atoms with Crippen LogP contribution in [-0.4, -0.2) is 55.0 Å². The highest BCUT2D eigenvalue weighted by Gasteiger charge is 2.23. The third-order valence-corrected chi connectivity index (χ3v) is 4.35. The molecule has 2 aliphatic rings. The maximum atomic E-state index is 12.1. The average molecular weight is 253 g/mol. The number of carbonyl (C=O) groups excluding carboxylic acids is 1. The van der Waals surface area contributed by atoms with Gasteiger partial charge in [0, 0.05) is 13.1 Å². The molecule has 104 valence electrons. The van der Waals surface area contributed by atoms with Crippen LogP contribution in [0.2, 0.25) is 0 Å². The van der Waals surface area contributed by atoms with Gasteiger partial charge in [0.15, 0.2) is 0 Å². The Kier molecular flexibility index (Phi) is 5.45. The normalized spacial score (nSPS) is 23.3. The topological polar surface area (TPSA) is 49.6 Å². The SMILES string of the molecule is NCCC1CCN(CC(=O)N2CCCCC2)CC1. The number of amides is 1. The number of piperidine rings is 2. The second-order valence-corrected chi connectivity index (χ2v) is 5.74. The summed E-state index contributed by atoms with van der Waals surface area (Å²) in [5.74, 6) is 1.13. The Bertz CT molecular complexity index is 256. The Hall–Kier alpha value is -0.610. The molecule has 2 N–H and O–H groups in total. The van der Waals surface area contributed by atoms with Crippen molar-refractivity contribution in [3.63, 3.8) is 0 Å². The fourth-order valence-electron chi connectivity index (χ4n) is 3.10. The highest BCUT2D eigenvalue weighted by Crippen LogP contribution is 2.20. The van der Waals surface area contributed by atoms with Gasteiger partial charge >= 0.3 is 0 Å². The van der Waals surface area contributed by atoms with Crippen LogP contribution in [0.15, 0.2) is 0 Å². The first-order valence-corrected chi connectivity index (χ1v) is 7.50. The summed E-state index contributed by atoms with van der Waals surface area (Å²) >= 11 is 0. The molecule has 0 aromatic carbocycles. The number of carbonyl (C=O) groups is 1. The molecule has 2 fully saturated rings. The van der Waals surface area contributed by atoms with Gasteiger partial charge in [-0.05, 0) is 64.1 Å². The summed E-state index contributed by atoms with van der Waals surface area (Å²) < 4.78 is 0. The maximum absolute atomic E-state index is 12.1. The van der Waals surface area contributed by atoms with E-state index in [2.05, 4.69) is 9.80 Å². The zero-order valence-corrected chi connectivity index (χ0v) is 11.4. The Morgan fingerprint density at radius 1 is 1.06 bits per heavy atom. The molecule has 0 radical (unpaired) electrons. The molecule has 2 rings (SSSR count). The van der Waals surface area contributed by atoms with E-state index in [0.29, 0.717) is 12.5 Å². The number of rotatable bonds is 4. The smallest absolute Gasteiger partial charge is 0.236 e. The summed E-state index contributed by atoms with van der Waals surface area (Å²) in [4.78, 5) is 16.5. The van der Waals surface area contributed by atoms with Gasteiger partial charge < -0.3 is 10.6 Å². The van der Waals surface area contributed by atoms with E-state index in [1.54, 1.807) is 0 Å². The molecule has 0 aromatic heterocycles. The van der Waals surface area contributed by atoms with Gasteiger partial charge in [-0.15, -0.1) is 0 Å². The van der Waals surface area contributed by atoms with Crippen LogP contribution in [0.3, 0.4) is 0 Å². The van der Waals surface area contributed by atoms with E-state index in [4.69, 9.17) is 5.73 Å². The van der Waals surface area contributed by atoms with Gasteiger partial charge in [-0.25, -0.2) is 0 Å². The van der Waals surface area contributed by atoms with Gasteiger partial charge in [0.1, 0.15) is 0 Å². The standard InChI is InChI=1S/C14H27N3O/c15-7-4-13-5-10-16(11-6-13)12-14(18)17-8-2-1-3-9-17/h13H,1-12,15H2. The van der Waals surface area contributed by atoms with Crippen molar-refractivity contribution in [1.29, 1.82) is 0 Å². The molecule has 1 amide bonds. The van der Waals surface area contributed by atoms with Crippen molar-refractivity contribution in [3.05, 3.63) is 0 Å². The third-order valence-electron chi connectivity index (χ3n) is 4.35. The first-order chi connectivity index (χ1) is 8.79. The maximum Gasteiger partial charge on any atom is 0.236 e. The second-order valence-electron chi connectivity index (χ2n) is 5.74. The van der Waals surface area contributed by atoms with E-state index < -0.39 is 0 Å². The van der Waals surface area contributed by atoms with Gasteiger partial charge in [-0.1, -0.05) is 0 Å². The largest absolute Gasteiger partial charge is 0.342 e. The minimum atomic E-state index is 0.340. The molecule has 0 unspecified atom stereocenters. The molecule has 2 saturated heterocycles. The number of nitrogens with two attached hydrogens (primary N) is 1. The fourth-order valence-corrected chi connectivity index (χ4v) is 3.10. The van der Waals surface area contributed by atoms with Crippen LogP contribution in [0.4, 0.5) is 0 Å². The lowest BCUT2D eigenvalue weighted by Crippen LogP contribution is -2.45. The Balaban J connectivity index is 1.68. The van der Waals surface area contributed by atoms with Crippen molar-refractivity contribution in [2.75, 3.05) is 39.3 Å². The van der Waals surface area contributed by atoms with E-state index in [1.807, 2.05) is 0 Å². The zero-order chi connectivity index (χ0) is 12.8. The molecule has 4 nitrogen and oxygen atoms in total. The summed E-state index contributed by atoms with van der Waals surface area (Å²) in [5.41, 5.74) is 5.60. The first-order valence-electron chi connectivity index (χ1n) is 7.50. The summed E-state index contributed by atoms with van der Waals surface area (Å²) in [6, 6.07) is 0. The second kappa shape index (κ2) is 7.10. The molecule has 0 bridgehead atoms. The minimum absolute atomic E-state index is 0.340. The lowest BCUT2D eigenvalue weighted by Gasteiger charge is -2.34. The zero-order valence-electron chi connectivity index (χ0n) is 11.4. The molecule has 0 aromatic rings. The van der Waals surface area contributed by atoms with Gasteiger partial charge in [-0.2, -0.15) is 0 Å². The van der Waals surface area contributed by atoms with Gasteiger partial charge in [-0.3, -0.25) is 9.69 Å². The van der Waals surface area contributed by atoms with Crippen molar-refractivity contribution in [1.82, 2.24) is 9.80 Å². The van der Waals surface area contributed by atoms with E-state index in [0.717, 1.165) is 45.1 Å². The molecule has 2 aliphatic heterocycles. The molecule has 0 spiro atoms. The van der Waals surface area contributed by atoms with E-state index in [9.17, 15) is 4.79 Å². The number of nitrogens with zero attached hydrogens (tertiary/aromatic N) is 2. The molecule has 0 aliphatic carbocycles. The van der Waals surface area contributed by atoms with Crippen LogP contribution in [0.5, 0.6) is 0 Å². The molecule has 4 heteroatoms. The molecular formula is C14H27N3O. The molecule has 0 atom stereocenters. The fraction of sp³-hybridized carbons (Fsp3) is 0.929. The lowest BCUT2D eigenvalue weighted by atomic mass is 9.93. The van der Waals surface area contributed by atoms with Crippen LogP contribution >= 0.6 is 0 Å². The third kappa shape index (κ3) is 3.95. The summed E-state index contributed by atoms with van der Waals surface area (Å²) in [6.07, 6.45) is 7.23. The number of hydrogen-bond donors (Lipinski definition) is 1. The highest BCUT2D eigenvalue weighted by atomic mass is 16.2. The first kappa shape index (κ1) is 13.8. The molecule has 2 heterocycles. The van der Waals surface area contributed by atoms with Crippen molar-refractivity contribution in [2.45, 2.75) is 38.5 Å². The highest BCUT2D eigenvalue weighted by molar-refractivity contribution is 5.78. The quantitative estimate of drug-likeness (QED) is 0.815. The van der Waals surface area contributed by atoms with Gasteiger partial charge in [0.05, 0.1) is 6.54 Å². The average Bonchev–Trinajstić information content (AvgIpc) is 2.42. The minimum Gasteiger partial charge on any atom is -0.342 e. The summed E-state index contributed by atoms with van der Waals surface area (Å²) in [6.45, 7) is 5.53. The predicted octanol–water partition coefficient (Wildman–Crippen LogP) is 1.06. The Labute approximate surface area is 110 Å². The van der Waals surface area contributed by atoms with Crippen LogP contribution < -0.4 is 5.73 Å². The number of hydrogen-bond acceptors (Lipinski definition) is 3. The summed E-state index contributed by atoms with van der Waals surface area (Å²) in [5, 5.41) is 0. The van der Waals surface area contributed by atoms with Crippen LogP contribution in [0.1, 0.15) is 38.5 Å². The van der Waals surface area contributed by atoms with Crippen LogP contribution in [-0.2, 0) is 4.79 Å². The number of likely N-dealkylation sites (tertiary alicyclic amines) is 2. The van der Waals surface area contributed by atoms with Crippen molar-refractivity contribution < 1.29 is 4.79 Å². The Morgan fingerprint density at radius 2 is 1.72 bits per heavy atom. The monoisotopic (exact) mass is 253 g/mol. The van der Waals surface area contributed by atoms with Crippen molar-refractivity contribution in [3.8, 4) is 0 Å². The van der Waals surface area contributed by atoms with Crippen LogP contribution in [0, 0.1) is 5.92 Å². The van der Waals surface area contributed by atoms with Crippen LogP contribution in [0.25, 0.3) is 0 Å². The summed E-state index contributed by atoms with van der Waals surface area (Å²) in [7, 11) is 0. The van der Waals surface area contributed by atoms with E-state index >= 15 is 0 Å². The van der Waals surface area contributed by atoms with Crippen molar-refractivity contribution in [2.24, 2.45) is 11.7 Å². The van der Waals surface area contributed by atoms with E-state index in [1.165, 1.54) is 32.1 Å². The van der Waals surface area contributed by atoms with Gasteiger partial charge in [0.2, 0.25) is 5.91 Å². The van der Waals surface area contributed by atoms with E-state index in [-0.39, 0.29) is 0 Å². The molecule has 0 saturated carbocycles. The molecular weight excluding hydrogens is 226 g/mol. The lowest BCUT2D eigenvalue weighted by molar-refractivity contribution is -0.133. The predicted molar refractivity (Wildman–Crippen MR) is 73.3 cm³/mol. The Morgan fingerprint density at radius 3 is 2.33 bits per heavy atom.